The van der Waals surface area contributed by atoms with E-state index in [2.05, 4.69) is 23.6 Å². The fourth-order valence-corrected chi connectivity index (χ4v) is 4.84. The number of benzene rings is 1. The van der Waals surface area contributed by atoms with Crippen molar-refractivity contribution in [1.29, 1.82) is 0 Å². The van der Waals surface area contributed by atoms with Crippen molar-refractivity contribution in [2.45, 2.75) is 32.0 Å². The van der Waals surface area contributed by atoms with Crippen LogP contribution in [0, 0.1) is 5.92 Å². The van der Waals surface area contributed by atoms with E-state index in [1.54, 1.807) is 15.6 Å². The summed E-state index contributed by atoms with van der Waals surface area (Å²) >= 11 is 0. The first kappa shape index (κ1) is 24.9. The number of pyridine rings is 1. The van der Waals surface area contributed by atoms with E-state index in [0.717, 1.165) is 25.0 Å². The second-order valence-electron chi connectivity index (χ2n) is 9.67. The van der Waals surface area contributed by atoms with Gasteiger partial charge in [-0.05, 0) is 37.0 Å². The maximum Gasteiger partial charge on any atom is 0.416 e. The van der Waals surface area contributed by atoms with Gasteiger partial charge >= 0.3 is 6.18 Å². The van der Waals surface area contributed by atoms with Gasteiger partial charge in [0.2, 0.25) is 0 Å². The molecule has 5 rings (SSSR count). The zero-order valence-electron chi connectivity index (χ0n) is 20.1. The number of fused-ring (bicyclic) bond motifs is 1. The van der Waals surface area contributed by atoms with Crippen LogP contribution in [-0.2, 0) is 11.0 Å². The van der Waals surface area contributed by atoms with Gasteiger partial charge in [0, 0.05) is 37.9 Å². The van der Waals surface area contributed by atoms with Gasteiger partial charge in [0.1, 0.15) is 16.7 Å². The summed E-state index contributed by atoms with van der Waals surface area (Å²) in [4.78, 5) is 33.0. The Labute approximate surface area is 210 Å². The number of nitrogens with zero attached hydrogens (tertiary/aromatic N) is 5. The average Bonchev–Trinajstić information content (AvgIpc) is 3.22. The third-order valence-corrected chi connectivity index (χ3v) is 7.10. The third-order valence-electron chi connectivity index (χ3n) is 7.10. The van der Waals surface area contributed by atoms with Crippen LogP contribution in [0.25, 0.3) is 22.3 Å². The maximum atomic E-state index is 13.6. The summed E-state index contributed by atoms with van der Waals surface area (Å²) in [6.45, 7) is 6.73. The molecular formula is C26H25F4N5O2. The molecule has 2 aliphatic heterocycles. The van der Waals surface area contributed by atoms with E-state index in [4.69, 9.17) is 0 Å². The van der Waals surface area contributed by atoms with Gasteiger partial charge in [-0.1, -0.05) is 25.6 Å². The minimum absolute atomic E-state index is 0.148. The summed E-state index contributed by atoms with van der Waals surface area (Å²) in [5, 5.41) is 4.66. The summed E-state index contributed by atoms with van der Waals surface area (Å²) in [6.07, 6.45) is -1.21. The summed E-state index contributed by atoms with van der Waals surface area (Å²) in [6, 6.07) is 5.83. The van der Waals surface area contributed by atoms with Gasteiger partial charge in [-0.25, -0.2) is 4.39 Å². The molecule has 194 valence electrons. The van der Waals surface area contributed by atoms with Crippen LogP contribution in [0.2, 0.25) is 0 Å². The second-order valence-corrected chi connectivity index (χ2v) is 9.67. The molecule has 3 aromatic rings. The fraction of sp³-hybridized carbons (Fsp3) is 0.385. The van der Waals surface area contributed by atoms with Crippen LogP contribution in [0.15, 0.2) is 48.9 Å². The highest BCUT2D eigenvalue weighted by molar-refractivity contribution is 6.07. The number of amides is 2. The quantitative estimate of drug-likeness (QED) is 0.368. The molecule has 0 radical (unpaired) electrons. The Morgan fingerprint density at radius 1 is 1.03 bits per heavy atom. The second kappa shape index (κ2) is 9.28. The summed E-state index contributed by atoms with van der Waals surface area (Å²) in [5.74, 6) is -1.52. The number of piperidine rings is 1. The van der Waals surface area contributed by atoms with Crippen molar-refractivity contribution in [3.63, 3.8) is 0 Å². The molecule has 2 saturated heterocycles. The molecule has 2 aromatic heterocycles. The molecule has 4 heterocycles. The molecule has 0 bridgehead atoms. The molecule has 0 aliphatic carbocycles. The van der Waals surface area contributed by atoms with Crippen molar-refractivity contribution in [3.05, 3.63) is 60.1 Å². The first-order valence-corrected chi connectivity index (χ1v) is 12.0. The first-order chi connectivity index (χ1) is 17.5. The molecule has 1 aromatic carbocycles. The minimum atomic E-state index is -4.48. The highest BCUT2D eigenvalue weighted by Gasteiger charge is 2.37. The molecule has 2 fully saturated rings. The van der Waals surface area contributed by atoms with Crippen molar-refractivity contribution in [3.8, 4) is 11.3 Å². The predicted octanol–water partition coefficient (Wildman–Crippen LogP) is 4.86. The largest absolute Gasteiger partial charge is 0.416 e. The third kappa shape index (κ3) is 4.58. The predicted molar refractivity (Wildman–Crippen MR) is 128 cm³/mol. The number of alkyl halides is 3. The summed E-state index contributed by atoms with van der Waals surface area (Å²) < 4.78 is 54.2. The van der Waals surface area contributed by atoms with Crippen molar-refractivity contribution in [2.75, 3.05) is 26.2 Å². The number of rotatable bonds is 4. The van der Waals surface area contributed by atoms with E-state index < -0.39 is 23.5 Å². The van der Waals surface area contributed by atoms with E-state index in [0.29, 0.717) is 46.9 Å². The first-order valence-electron chi connectivity index (χ1n) is 12.0. The smallest absolute Gasteiger partial charge is 0.339 e. The van der Waals surface area contributed by atoms with Crippen LogP contribution in [0.5, 0.6) is 0 Å². The van der Waals surface area contributed by atoms with Crippen LogP contribution in [0.3, 0.4) is 0 Å². The fourth-order valence-electron chi connectivity index (χ4n) is 4.84. The van der Waals surface area contributed by atoms with Crippen LogP contribution in [0.1, 0.15) is 41.7 Å². The molecule has 37 heavy (non-hydrogen) atoms. The Morgan fingerprint density at radius 2 is 1.68 bits per heavy atom. The van der Waals surface area contributed by atoms with E-state index in [9.17, 15) is 27.2 Å². The lowest BCUT2D eigenvalue weighted by molar-refractivity contribution is -0.137. The van der Waals surface area contributed by atoms with Gasteiger partial charge < -0.3 is 9.80 Å². The molecule has 11 heteroatoms. The standard InChI is InChI=1S/C26H25F4N5O2/c1-15-8-11-33(12-9-15)25(37)20-7-10-31-22-21(17-3-5-18(6-4-17)26(28,29)30)32-35(23(20)22)19-13-34(14-19)24(36)16(2)27/h3-7,10,15,19H,2,8-9,11-14H2,1H3. The summed E-state index contributed by atoms with van der Waals surface area (Å²) in [5.41, 5.74) is 1.14. The van der Waals surface area contributed by atoms with E-state index in [-0.39, 0.29) is 25.0 Å². The van der Waals surface area contributed by atoms with Crippen LogP contribution < -0.4 is 0 Å². The topological polar surface area (TPSA) is 71.3 Å². The number of hydrogen-bond donors (Lipinski definition) is 0. The number of carbonyl (C=O) groups excluding carboxylic acids is 2. The Hall–Kier alpha value is -3.76. The van der Waals surface area contributed by atoms with Crippen LogP contribution in [-0.4, -0.2) is 62.6 Å². The molecule has 0 spiro atoms. The molecule has 0 N–H and O–H groups in total. The Balaban J connectivity index is 1.58. The number of likely N-dealkylation sites (tertiary alicyclic amines) is 2. The molecule has 0 unspecified atom stereocenters. The lowest BCUT2D eigenvalue weighted by Crippen LogP contribution is -2.51. The van der Waals surface area contributed by atoms with Gasteiger partial charge in [0.25, 0.3) is 11.8 Å². The SMILES string of the molecule is C=C(F)C(=O)N1CC(n2nc(-c3ccc(C(F)(F)F)cc3)c3nccc(C(=O)N4CCC(C)CC4)c32)C1. The monoisotopic (exact) mass is 515 g/mol. The minimum Gasteiger partial charge on any atom is -0.339 e. The van der Waals surface area contributed by atoms with E-state index in [1.165, 1.54) is 23.2 Å². The maximum absolute atomic E-state index is 13.6. The molecular weight excluding hydrogens is 490 g/mol. The normalized spacial score (nSPS) is 17.2. The zero-order valence-corrected chi connectivity index (χ0v) is 20.1. The number of aromatic nitrogens is 3. The highest BCUT2D eigenvalue weighted by Crippen LogP contribution is 2.36. The van der Waals surface area contributed by atoms with Crippen molar-refractivity contribution in [1.82, 2.24) is 24.6 Å². The van der Waals surface area contributed by atoms with Crippen molar-refractivity contribution >= 4 is 22.8 Å². The van der Waals surface area contributed by atoms with Crippen LogP contribution >= 0.6 is 0 Å². The molecule has 7 nitrogen and oxygen atoms in total. The van der Waals surface area contributed by atoms with Gasteiger partial charge in [-0.2, -0.15) is 18.3 Å². The van der Waals surface area contributed by atoms with Gasteiger partial charge in [0.15, 0.2) is 5.83 Å². The molecule has 2 aliphatic rings. The van der Waals surface area contributed by atoms with E-state index in [1.807, 2.05) is 0 Å². The van der Waals surface area contributed by atoms with Crippen molar-refractivity contribution < 1.29 is 27.2 Å². The Bertz CT molecular complexity index is 1370. The van der Waals surface area contributed by atoms with Gasteiger partial charge in [0.05, 0.1) is 17.2 Å². The van der Waals surface area contributed by atoms with E-state index >= 15 is 0 Å². The Morgan fingerprint density at radius 3 is 2.27 bits per heavy atom. The molecule has 2 amide bonds. The lowest BCUT2D eigenvalue weighted by atomic mass is 9.98. The van der Waals surface area contributed by atoms with Crippen molar-refractivity contribution in [2.24, 2.45) is 5.92 Å². The van der Waals surface area contributed by atoms with Crippen LogP contribution in [0.4, 0.5) is 17.6 Å². The molecule has 0 atom stereocenters. The average molecular weight is 516 g/mol. The number of hydrogen-bond acceptors (Lipinski definition) is 4. The van der Waals surface area contributed by atoms with Gasteiger partial charge in [-0.15, -0.1) is 0 Å². The summed E-state index contributed by atoms with van der Waals surface area (Å²) in [7, 11) is 0. The van der Waals surface area contributed by atoms with Gasteiger partial charge in [-0.3, -0.25) is 19.3 Å². The lowest BCUT2D eigenvalue weighted by Gasteiger charge is -2.39. The number of halogens is 4. The highest BCUT2D eigenvalue weighted by atomic mass is 19.4. The molecule has 0 saturated carbocycles. The number of carbonyl (C=O) groups is 2. The zero-order chi connectivity index (χ0) is 26.5. The Kier molecular flexibility index (Phi) is 6.25.